The van der Waals surface area contributed by atoms with E-state index in [1.807, 2.05) is 91.9 Å². The number of carbonyl (C=O) groups excluding carboxylic acids is 2. The van der Waals surface area contributed by atoms with Crippen molar-refractivity contribution in [1.82, 2.24) is 10.2 Å². The normalized spacial score (nSPS) is 13.5. The summed E-state index contributed by atoms with van der Waals surface area (Å²) in [5, 5.41) is 3.21. The lowest BCUT2D eigenvalue weighted by molar-refractivity contribution is -0.140. The number of hydrogen-bond acceptors (Lipinski definition) is 6. The molecular formula is C43H45N3O6S. The first-order valence-corrected chi connectivity index (χ1v) is 19.3. The maximum Gasteiger partial charge on any atom is 0.264 e. The molecular weight excluding hydrogens is 687 g/mol. The van der Waals surface area contributed by atoms with Gasteiger partial charge in [-0.15, -0.1) is 0 Å². The van der Waals surface area contributed by atoms with Crippen molar-refractivity contribution in [2.75, 3.05) is 18.0 Å². The summed E-state index contributed by atoms with van der Waals surface area (Å²) in [6.45, 7) is 1.37. The smallest absolute Gasteiger partial charge is 0.264 e. The molecule has 1 unspecified atom stereocenters. The predicted octanol–water partition coefficient (Wildman–Crippen LogP) is 7.69. The number of amides is 2. The molecule has 5 aromatic rings. The molecule has 0 bridgehead atoms. The molecule has 0 aliphatic heterocycles. The lowest BCUT2D eigenvalue weighted by Gasteiger charge is -2.34. The van der Waals surface area contributed by atoms with Crippen LogP contribution in [-0.2, 0) is 32.6 Å². The number of aryl methyl sites for hydroxylation is 1. The van der Waals surface area contributed by atoms with E-state index in [2.05, 4.69) is 5.32 Å². The minimum atomic E-state index is -4.25. The second-order valence-corrected chi connectivity index (χ2v) is 15.2. The summed E-state index contributed by atoms with van der Waals surface area (Å²) < 4.78 is 41.5. The van der Waals surface area contributed by atoms with Crippen LogP contribution in [0.1, 0.15) is 42.4 Å². The molecule has 0 aromatic heterocycles. The molecule has 1 aliphatic rings. The van der Waals surface area contributed by atoms with Crippen LogP contribution in [0.25, 0.3) is 0 Å². The molecule has 0 saturated heterocycles. The van der Waals surface area contributed by atoms with Gasteiger partial charge in [-0.3, -0.25) is 13.9 Å². The average molecular weight is 732 g/mol. The summed E-state index contributed by atoms with van der Waals surface area (Å²) in [5.41, 5.74) is 2.78. The number of methoxy groups -OCH3 is 1. The number of sulfonamides is 1. The molecule has 5 aromatic carbocycles. The van der Waals surface area contributed by atoms with Crippen LogP contribution in [0.3, 0.4) is 0 Å². The summed E-state index contributed by atoms with van der Waals surface area (Å²) in [6.07, 6.45) is 4.05. The standard InChI is InChI=1S/C43H45N3O6S/c1-32-20-26-40(27-21-32)53(49,50)46(36-22-24-38(25-23-36)52-37-17-7-4-8-18-37)31-42(47)45(30-34-14-11-19-39(28-34)51-2)41(29-33-12-5-3-6-13-33)43(48)44-35-15-9-10-16-35/h3-8,11-14,17-28,35,41H,9-10,15-16,29-31H2,1-2H3,(H,44,48). The Morgan fingerprint density at radius 3 is 2.02 bits per heavy atom. The van der Waals surface area contributed by atoms with E-state index in [9.17, 15) is 18.0 Å². The van der Waals surface area contributed by atoms with Crippen molar-refractivity contribution in [2.45, 2.75) is 62.6 Å². The molecule has 1 aliphatic carbocycles. The van der Waals surface area contributed by atoms with Crippen LogP contribution < -0.4 is 19.1 Å². The van der Waals surface area contributed by atoms with E-state index in [0.717, 1.165) is 46.7 Å². The van der Waals surface area contributed by atoms with E-state index < -0.39 is 28.5 Å². The SMILES string of the molecule is COc1cccc(CN(C(=O)CN(c2ccc(Oc3ccccc3)cc2)S(=O)(=O)c2ccc(C)cc2)C(Cc2ccccc2)C(=O)NC2CCCC2)c1. The second kappa shape index (κ2) is 17.3. The molecule has 53 heavy (non-hydrogen) atoms. The Hall–Kier alpha value is -5.61. The highest BCUT2D eigenvalue weighted by Crippen LogP contribution is 2.29. The molecule has 10 heteroatoms. The number of rotatable bonds is 15. The number of hydrogen-bond donors (Lipinski definition) is 1. The van der Waals surface area contributed by atoms with Gasteiger partial charge in [0.05, 0.1) is 17.7 Å². The maximum atomic E-state index is 14.9. The van der Waals surface area contributed by atoms with Gasteiger partial charge in [0.15, 0.2) is 0 Å². The summed E-state index contributed by atoms with van der Waals surface area (Å²) in [7, 11) is -2.69. The maximum absolute atomic E-state index is 14.9. The monoisotopic (exact) mass is 731 g/mol. The Bertz CT molecular complexity index is 2070. The van der Waals surface area contributed by atoms with Crippen LogP contribution in [0.2, 0.25) is 0 Å². The van der Waals surface area contributed by atoms with Gasteiger partial charge in [-0.2, -0.15) is 0 Å². The van der Waals surface area contributed by atoms with Gasteiger partial charge < -0.3 is 19.7 Å². The molecule has 0 radical (unpaired) electrons. The van der Waals surface area contributed by atoms with Gasteiger partial charge in [-0.1, -0.05) is 91.2 Å². The highest BCUT2D eigenvalue weighted by atomic mass is 32.2. The quantitative estimate of drug-likeness (QED) is 0.118. The third-order valence-corrected chi connectivity index (χ3v) is 11.2. The van der Waals surface area contributed by atoms with E-state index in [4.69, 9.17) is 9.47 Å². The molecule has 1 fully saturated rings. The highest BCUT2D eigenvalue weighted by molar-refractivity contribution is 7.92. The third-order valence-electron chi connectivity index (χ3n) is 9.45. The Morgan fingerprint density at radius 2 is 1.36 bits per heavy atom. The average Bonchev–Trinajstić information content (AvgIpc) is 3.69. The molecule has 6 rings (SSSR count). The van der Waals surface area contributed by atoms with Gasteiger partial charge >= 0.3 is 0 Å². The number of ether oxygens (including phenoxy) is 2. The van der Waals surface area contributed by atoms with Crippen LogP contribution in [0.4, 0.5) is 5.69 Å². The lowest BCUT2D eigenvalue weighted by Crippen LogP contribution is -2.54. The van der Waals surface area contributed by atoms with Crippen molar-refractivity contribution in [2.24, 2.45) is 0 Å². The van der Waals surface area contributed by atoms with Gasteiger partial charge in [-0.25, -0.2) is 8.42 Å². The van der Waals surface area contributed by atoms with E-state index in [0.29, 0.717) is 17.2 Å². The second-order valence-electron chi connectivity index (χ2n) is 13.3. The van der Waals surface area contributed by atoms with Gasteiger partial charge in [0.1, 0.15) is 29.8 Å². The van der Waals surface area contributed by atoms with Crippen LogP contribution in [0, 0.1) is 6.92 Å². The zero-order chi connectivity index (χ0) is 37.2. The van der Waals surface area contributed by atoms with Crippen molar-refractivity contribution in [1.29, 1.82) is 0 Å². The molecule has 0 heterocycles. The summed E-state index contributed by atoms with van der Waals surface area (Å²) in [5.74, 6) is 0.937. The summed E-state index contributed by atoms with van der Waals surface area (Å²) >= 11 is 0. The minimum absolute atomic E-state index is 0.0181. The van der Waals surface area contributed by atoms with Crippen molar-refractivity contribution < 1.29 is 27.5 Å². The number of nitrogens with one attached hydrogen (secondary N) is 1. The first-order valence-electron chi connectivity index (χ1n) is 17.9. The van der Waals surface area contributed by atoms with E-state index in [1.54, 1.807) is 43.5 Å². The third kappa shape index (κ3) is 9.64. The number of benzene rings is 5. The lowest BCUT2D eigenvalue weighted by atomic mass is 10.0. The van der Waals surface area contributed by atoms with Crippen LogP contribution in [0.5, 0.6) is 17.2 Å². The Morgan fingerprint density at radius 1 is 0.755 bits per heavy atom. The van der Waals surface area contributed by atoms with Gasteiger partial charge in [0.25, 0.3) is 10.0 Å². The van der Waals surface area contributed by atoms with Crippen molar-refractivity contribution >= 4 is 27.5 Å². The molecule has 0 spiro atoms. The topological polar surface area (TPSA) is 105 Å². The zero-order valence-electron chi connectivity index (χ0n) is 30.1. The van der Waals surface area contributed by atoms with Crippen molar-refractivity contribution in [3.05, 3.63) is 150 Å². The fourth-order valence-electron chi connectivity index (χ4n) is 6.56. The van der Waals surface area contributed by atoms with Crippen LogP contribution >= 0.6 is 0 Å². The molecule has 2 amide bonds. The first-order chi connectivity index (χ1) is 25.7. The predicted molar refractivity (Wildman–Crippen MR) is 207 cm³/mol. The van der Waals surface area contributed by atoms with Gasteiger partial charge in [0, 0.05) is 19.0 Å². The Labute approximate surface area is 312 Å². The molecule has 1 N–H and O–H groups in total. The van der Waals surface area contributed by atoms with E-state index >= 15 is 0 Å². The van der Waals surface area contributed by atoms with Gasteiger partial charge in [-0.05, 0) is 91.6 Å². The molecule has 1 atom stereocenters. The zero-order valence-corrected chi connectivity index (χ0v) is 30.9. The molecule has 1 saturated carbocycles. The number of para-hydroxylation sites is 1. The number of nitrogens with zero attached hydrogens (tertiary/aromatic N) is 2. The Kier molecular flexibility index (Phi) is 12.1. The van der Waals surface area contributed by atoms with Crippen molar-refractivity contribution in [3.8, 4) is 17.2 Å². The van der Waals surface area contributed by atoms with E-state index in [-0.39, 0.29) is 35.5 Å². The van der Waals surface area contributed by atoms with Gasteiger partial charge in [0.2, 0.25) is 11.8 Å². The highest BCUT2D eigenvalue weighted by Gasteiger charge is 2.35. The van der Waals surface area contributed by atoms with E-state index in [1.165, 1.54) is 17.0 Å². The molecule has 274 valence electrons. The van der Waals surface area contributed by atoms with Crippen LogP contribution in [-0.4, -0.2) is 50.9 Å². The number of anilines is 1. The van der Waals surface area contributed by atoms with Crippen molar-refractivity contribution in [3.63, 3.8) is 0 Å². The summed E-state index contributed by atoms with van der Waals surface area (Å²) in [4.78, 5) is 30.7. The minimum Gasteiger partial charge on any atom is -0.497 e. The Balaban J connectivity index is 1.39. The fourth-order valence-corrected chi connectivity index (χ4v) is 7.97. The first kappa shape index (κ1) is 37.2. The number of carbonyl (C=O) groups is 2. The van der Waals surface area contributed by atoms with Crippen LogP contribution in [0.15, 0.2) is 138 Å². The molecule has 9 nitrogen and oxygen atoms in total. The largest absolute Gasteiger partial charge is 0.497 e. The fraction of sp³-hybridized carbons (Fsp3) is 0.256. The summed E-state index contributed by atoms with van der Waals surface area (Å²) in [6, 6.07) is 38.4.